The number of nitrogens with zero attached hydrogens (tertiary/aromatic N) is 1. The maximum atomic E-state index is 10.6. The van der Waals surface area contributed by atoms with Gasteiger partial charge in [-0.05, 0) is 23.0 Å². The van der Waals surface area contributed by atoms with E-state index < -0.39 is 11.0 Å². The van der Waals surface area contributed by atoms with Gasteiger partial charge in [0, 0.05) is 12.1 Å². The van der Waals surface area contributed by atoms with Gasteiger partial charge < -0.3 is 5.11 Å². The lowest BCUT2D eigenvalue weighted by Gasteiger charge is -2.18. The highest BCUT2D eigenvalue weighted by molar-refractivity contribution is 5.47. The lowest BCUT2D eigenvalue weighted by molar-refractivity contribution is -0.385. The predicted molar refractivity (Wildman–Crippen MR) is 55.7 cm³/mol. The molecule has 0 aromatic heterocycles. The van der Waals surface area contributed by atoms with E-state index in [9.17, 15) is 15.2 Å². The first-order chi connectivity index (χ1) is 6.92. The lowest BCUT2D eigenvalue weighted by atomic mass is 9.86. The smallest absolute Gasteiger partial charge is 0.269 e. The second-order valence-electron chi connectivity index (χ2n) is 4.63. The molecule has 0 aliphatic heterocycles. The summed E-state index contributed by atoms with van der Waals surface area (Å²) in [5, 5.41) is 20.4. The maximum absolute atomic E-state index is 10.6. The molecule has 1 atom stereocenters. The summed E-state index contributed by atoms with van der Waals surface area (Å²) >= 11 is 0. The van der Waals surface area contributed by atoms with Gasteiger partial charge in [0.05, 0.1) is 11.0 Å². The van der Waals surface area contributed by atoms with E-state index in [0.29, 0.717) is 12.0 Å². The van der Waals surface area contributed by atoms with E-state index in [2.05, 4.69) is 0 Å². The van der Waals surface area contributed by atoms with Crippen molar-refractivity contribution in [2.24, 2.45) is 0 Å². The van der Waals surface area contributed by atoms with Crippen LogP contribution in [0.1, 0.15) is 37.5 Å². The van der Waals surface area contributed by atoms with Crippen LogP contribution in [0.25, 0.3) is 0 Å². The standard InChI is InChI=1S/C11H13NO3/c1-11(2)6-10(13)8-5-7(12(14)15)3-4-9(8)11/h3-5,10,13H,6H2,1-2H3. The van der Waals surface area contributed by atoms with Crippen LogP contribution in [0.2, 0.25) is 0 Å². The molecular formula is C11H13NO3. The van der Waals surface area contributed by atoms with Crippen molar-refractivity contribution < 1.29 is 10.0 Å². The van der Waals surface area contributed by atoms with E-state index in [-0.39, 0.29) is 11.1 Å². The van der Waals surface area contributed by atoms with Crippen molar-refractivity contribution in [3.8, 4) is 0 Å². The number of fused-ring (bicyclic) bond motifs is 1. The zero-order valence-corrected chi connectivity index (χ0v) is 8.73. The van der Waals surface area contributed by atoms with Crippen molar-refractivity contribution in [2.45, 2.75) is 31.8 Å². The number of aliphatic hydroxyl groups is 1. The zero-order valence-electron chi connectivity index (χ0n) is 8.73. The SMILES string of the molecule is CC1(C)CC(O)c2cc([N+](=O)[O-])ccc21. The van der Waals surface area contributed by atoms with Gasteiger partial charge >= 0.3 is 0 Å². The highest BCUT2D eigenvalue weighted by Crippen LogP contribution is 2.45. The molecule has 1 aliphatic rings. The first-order valence-corrected chi connectivity index (χ1v) is 4.89. The molecule has 1 N–H and O–H groups in total. The maximum Gasteiger partial charge on any atom is 0.269 e. The van der Waals surface area contributed by atoms with E-state index in [1.165, 1.54) is 12.1 Å². The van der Waals surface area contributed by atoms with Crippen LogP contribution in [0.15, 0.2) is 18.2 Å². The Labute approximate surface area is 87.7 Å². The minimum Gasteiger partial charge on any atom is -0.388 e. The van der Waals surface area contributed by atoms with E-state index in [4.69, 9.17) is 0 Å². The third-order valence-electron chi connectivity index (χ3n) is 3.04. The first-order valence-electron chi connectivity index (χ1n) is 4.89. The molecule has 1 aliphatic carbocycles. The predicted octanol–water partition coefficient (Wildman–Crippen LogP) is 2.31. The zero-order chi connectivity index (χ0) is 11.2. The number of hydrogen-bond donors (Lipinski definition) is 1. The molecule has 4 heteroatoms. The van der Waals surface area contributed by atoms with E-state index in [0.717, 1.165) is 5.56 Å². The van der Waals surface area contributed by atoms with Crippen LogP contribution < -0.4 is 0 Å². The van der Waals surface area contributed by atoms with Crippen LogP contribution >= 0.6 is 0 Å². The Morgan fingerprint density at radius 1 is 1.53 bits per heavy atom. The van der Waals surface area contributed by atoms with Crippen LogP contribution in [0.4, 0.5) is 5.69 Å². The van der Waals surface area contributed by atoms with Crippen molar-refractivity contribution in [1.82, 2.24) is 0 Å². The van der Waals surface area contributed by atoms with Crippen LogP contribution in [0.5, 0.6) is 0 Å². The van der Waals surface area contributed by atoms with Crippen molar-refractivity contribution in [3.05, 3.63) is 39.4 Å². The van der Waals surface area contributed by atoms with Gasteiger partial charge in [-0.3, -0.25) is 10.1 Å². The highest BCUT2D eigenvalue weighted by Gasteiger charge is 2.36. The van der Waals surface area contributed by atoms with Crippen molar-refractivity contribution in [1.29, 1.82) is 0 Å². The number of benzene rings is 1. The summed E-state index contributed by atoms with van der Waals surface area (Å²) < 4.78 is 0. The molecule has 0 amide bonds. The minimum absolute atomic E-state index is 0.0468. The third-order valence-corrected chi connectivity index (χ3v) is 3.04. The Hall–Kier alpha value is -1.42. The molecule has 15 heavy (non-hydrogen) atoms. The fourth-order valence-corrected chi connectivity index (χ4v) is 2.26. The van der Waals surface area contributed by atoms with Crippen LogP contribution in [0.3, 0.4) is 0 Å². The molecule has 1 aromatic rings. The van der Waals surface area contributed by atoms with Gasteiger partial charge in [0.2, 0.25) is 0 Å². The summed E-state index contributed by atoms with van der Waals surface area (Å²) in [7, 11) is 0. The number of aliphatic hydroxyl groups excluding tert-OH is 1. The number of non-ortho nitro benzene ring substituents is 1. The molecule has 0 heterocycles. The second-order valence-corrected chi connectivity index (χ2v) is 4.63. The van der Waals surface area contributed by atoms with E-state index in [1.54, 1.807) is 6.07 Å². The fourth-order valence-electron chi connectivity index (χ4n) is 2.26. The van der Waals surface area contributed by atoms with Gasteiger partial charge in [0.25, 0.3) is 5.69 Å². The van der Waals surface area contributed by atoms with Gasteiger partial charge in [-0.1, -0.05) is 19.9 Å². The summed E-state index contributed by atoms with van der Waals surface area (Å²) in [5.74, 6) is 0. The van der Waals surface area contributed by atoms with E-state index in [1.807, 2.05) is 13.8 Å². The molecule has 1 aromatic carbocycles. The van der Waals surface area contributed by atoms with Crippen LogP contribution in [-0.2, 0) is 5.41 Å². The second kappa shape index (κ2) is 3.03. The Kier molecular flexibility index (Phi) is 2.04. The third kappa shape index (κ3) is 1.51. The summed E-state index contributed by atoms with van der Waals surface area (Å²) in [6, 6.07) is 4.73. The quantitative estimate of drug-likeness (QED) is 0.567. The molecule has 0 fully saturated rings. The Morgan fingerprint density at radius 2 is 2.20 bits per heavy atom. The molecule has 0 bridgehead atoms. The Bertz CT molecular complexity index is 426. The lowest BCUT2D eigenvalue weighted by Crippen LogP contribution is -2.12. The molecule has 0 saturated carbocycles. The molecule has 4 nitrogen and oxygen atoms in total. The molecule has 0 radical (unpaired) electrons. The largest absolute Gasteiger partial charge is 0.388 e. The fraction of sp³-hybridized carbons (Fsp3) is 0.455. The van der Waals surface area contributed by atoms with Crippen LogP contribution in [-0.4, -0.2) is 10.0 Å². The number of nitro groups is 1. The summed E-state index contributed by atoms with van der Waals surface area (Å²) in [6.07, 6.45) is 0.0543. The van der Waals surface area contributed by atoms with Crippen molar-refractivity contribution in [2.75, 3.05) is 0 Å². The molecular weight excluding hydrogens is 194 g/mol. The highest BCUT2D eigenvalue weighted by atomic mass is 16.6. The van der Waals surface area contributed by atoms with Crippen molar-refractivity contribution in [3.63, 3.8) is 0 Å². The minimum atomic E-state index is -0.574. The summed E-state index contributed by atoms with van der Waals surface area (Å²) in [5.41, 5.74) is 1.67. The van der Waals surface area contributed by atoms with Gasteiger partial charge in [-0.25, -0.2) is 0 Å². The number of hydrogen-bond acceptors (Lipinski definition) is 3. The first kappa shape index (κ1) is 10.1. The van der Waals surface area contributed by atoms with Gasteiger partial charge in [-0.2, -0.15) is 0 Å². The summed E-state index contributed by atoms with van der Waals surface area (Å²) in [6.45, 7) is 4.07. The summed E-state index contributed by atoms with van der Waals surface area (Å²) in [4.78, 5) is 10.2. The number of rotatable bonds is 1. The normalized spacial score (nSPS) is 22.5. The van der Waals surface area contributed by atoms with E-state index >= 15 is 0 Å². The molecule has 0 saturated heterocycles. The molecule has 2 rings (SSSR count). The van der Waals surface area contributed by atoms with Crippen LogP contribution in [0, 0.1) is 10.1 Å². The number of nitro benzene ring substituents is 1. The average molecular weight is 207 g/mol. The van der Waals surface area contributed by atoms with Crippen molar-refractivity contribution >= 4 is 5.69 Å². The van der Waals surface area contributed by atoms with Gasteiger partial charge in [-0.15, -0.1) is 0 Å². The topological polar surface area (TPSA) is 63.4 Å². The Morgan fingerprint density at radius 3 is 2.80 bits per heavy atom. The van der Waals surface area contributed by atoms with Gasteiger partial charge in [0.15, 0.2) is 0 Å². The molecule has 0 spiro atoms. The Balaban J connectivity index is 2.55. The molecule has 80 valence electrons. The van der Waals surface area contributed by atoms with Gasteiger partial charge in [0.1, 0.15) is 0 Å². The molecule has 1 unspecified atom stereocenters. The monoisotopic (exact) mass is 207 g/mol. The average Bonchev–Trinajstić information content (AvgIpc) is 2.37.